The number of methoxy groups -OCH3 is 2. The van der Waals surface area contributed by atoms with E-state index < -0.39 is 0 Å². The van der Waals surface area contributed by atoms with Crippen molar-refractivity contribution in [2.24, 2.45) is 17.3 Å². The highest BCUT2D eigenvalue weighted by Crippen LogP contribution is 2.63. The molecule has 0 saturated heterocycles. The summed E-state index contributed by atoms with van der Waals surface area (Å²) in [5.74, 6) is 3.06. The molecule has 0 unspecified atom stereocenters. The Balaban J connectivity index is 1.67. The van der Waals surface area contributed by atoms with Crippen molar-refractivity contribution in [1.29, 1.82) is 0 Å². The normalized spacial score (nSPS) is 34.7. The molecule has 0 aliphatic heterocycles. The Kier molecular flexibility index (Phi) is 7.07. The molecule has 3 aliphatic rings. The van der Waals surface area contributed by atoms with Crippen molar-refractivity contribution >= 4 is 0 Å². The zero-order valence-corrected chi connectivity index (χ0v) is 19.4. The fourth-order valence-corrected chi connectivity index (χ4v) is 6.90. The topological polar surface area (TPSA) is 57.2 Å². The van der Waals surface area contributed by atoms with Gasteiger partial charge in [0.15, 0.2) is 6.79 Å². The number of aliphatic hydroxyl groups excluding tert-OH is 1. The van der Waals surface area contributed by atoms with E-state index in [2.05, 4.69) is 32.0 Å². The predicted octanol–water partition coefficient (Wildman–Crippen LogP) is 4.99. The Hall–Kier alpha value is -1.40. The standard InChI is InChI=1S/C26H38O5/c1-17(10-12-27)21-14-23-20(19-6-5-18(13-22(19)21)30-15-28-3)9-11-26(2)24(23)7-8-25(26)31-16-29-4/h5-6,10,13,20-21,23-25,27H,7-9,11-12,14-16H2,1-4H3/t20-,21-,23-,24+,25+,26+/m1/s1. The Bertz CT molecular complexity index is 790. The molecular formula is C26H38O5. The van der Waals surface area contributed by atoms with Crippen LogP contribution < -0.4 is 4.74 Å². The first-order chi connectivity index (χ1) is 15.0. The lowest BCUT2D eigenvalue weighted by atomic mass is 9.53. The Labute approximate surface area is 186 Å². The molecule has 5 heteroatoms. The van der Waals surface area contributed by atoms with Crippen LogP contribution in [0.4, 0.5) is 0 Å². The van der Waals surface area contributed by atoms with Gasteiger partial charge in [0, 0.05) is 20.1 Å². The fraction of sp³-hybridized carbons (Fsp3) is 0.692. The zero-order chi connectivity index (χ0) is 22.0. The maximum atomic E-state index is 9.58. The number of rotatable bonds is 8. The minimum absolute atomic E-state index is 0.0830. The summed E-state index contributed by atoms with van der Waals surface area (Å²) in [6.07, 6.45) is 8.14. The molecule has 0 bridgehead atoms. The molecule has 3 aliphatic carbocycles. The summed E-state index contributed by atoms with van der Waals surface area (Å²) < 4.78 is 22.2. The van der Waals surface area contributed by atoms with E-state index in [9.17, 15) is 5.11 Å². The van der Waals surface area contributed by atoms with Crippen molar-refractivity contribution in [2.75, 3.05) is 34.4 Å². The van der Waals surface area contributed by atoms with Gasteiger partial charge in [-0.15, -0.1) is 0 Å². The predicted molar refractivity (Wildman–Crippen MR) is 120 cm³/mol. The number of hydrogen-bond donors (Lipinski definition) is 1. The van der Waals surface area contributed by atoms with Crippen LogP contribution in [0, 0.1) is 17.3 Å². The molecule has 4 rings (SSSR count). The van der Waals surface area contributed by atoms with Crippen molar-refractivity contribution in [1.82, 2.24) is 0 Å². The minimum Gasteiger partial charge on any atom is -0.468 e. The van der Waals surface area contributed by atoms with Crippen LogP contribution in [0.1, 0.15) is 68.9 Å². The molecule has 1 aromatic rings. The third-order valence-corrected chi connectivity index (χ3v) is 8.38. The van der Waals surface area contributed by atoms with Gasteiger partial charge in [-0.05, 0) is 85.5 Å². The van der Waals surface area contributed by atoms with Crippen LogP contribution in [0.5, 0.6) is 5.75 Å². The monoisotopic (exact) mass is 430 g/mol. The van der Waals surface area contributed by atoms with Gasteiger partial charge in [-0.2, -0.15) is 0 Å². The number of benzene rings is 1. The second-order valence-corrected chi connectivity index (χ2v) is 9.82. The van der Waals surface area contributed by atoms with E-state index in [1.54, 1.807) is 14.2 Å². The molecule has 0 aromatic heterocycles. The highest BCUT2D eigenvalue weighted by Gasteiger charge is 2.56. The van der Waals surface area contributed by atoms with Gasteiger partial charge < -0.3 is 24.1 Å². The molecule has 0 amide bonds. The second kappa shape index (κ2) is 9.62. The highest BCUT2D eigenvalue weighted by molar-refractivity contribution is 5.46. The molecule has 0 spiro atoms. The van der Waals surface area contributed by atoms with Gasteiger partial charge in [-0.25, -0.2) is 0 Å². The third-order valence-electron chi connectivity index (χ3n) is 8.38. The summed E-state index contributed by atoms with van der Waals surface area (Å²) in [4.78, 5) is 0. The van der Waals surface area contributed by atoms with E-state index in [1.807, 2.05) is 6.08 Å². The van der Waals surface area contributed by atoms with Crippen LogP contribution in [0.2, 0.25) is 0 Å². The lowest BCUT2D eigenvalue weighted by Crippen LogP contribution is -2.45. The number of allylic oxidation sites excluding steroid dienone is 1. The summed E-state index contributed by atoms with van der Waals surface area (Å²) in [6.45, 7) is 5.33. The summed E-state index contributed by atoms with van der Waals surface area (Å²) in [7, 11) is 3.35. The maximum Gasteiger partial charge on any atom is 0.188 e. The van der Waals surface area contributed by atoms with Gasteiger partial charge in [0.05, 0.1) is 12.7 Å². The number of aliphatic hydroxyl groups is 1. The zero-order valence-electron chi connectivity index (χ0n) is 19.4. The van der Waals surface area contributed by atoms with Crippen molar-refractivity contribution in [3.63, 3.8) is 0 Å². The first-order valence-corrected chi connectivity index (χ1v) is 11.7. The van der Waals surface area contributed by atoms with Crippen LogP contribution in [-0.2, 0) is 14.2 Å². The van der Waals surface area contributed by atoms with Crippen LogP contribution in [0.15, 0.2) is 29.8 Å². The molecule has 6 atom stereocenters. The molecule has 0 heterocycles. The van der Waals surface area contributed by atoms with Gasteiger partial charge in [0.1, 0.15) is 12.5 Å². The van der Waals surface area contributed by atoms with Crippen LogP contribution in [-0.4, -0.2) is 45.6 Å². The first-order valence-electron chi connectivity index (χ1n) is 11.7. The van der Waals surface area contributed by atoms with Gasteiger partial charge >= 0.3 is 0 Å². The van der Waals surface area contributed by atoms with E-state index in [0.717, 1.165) is 18.6 Å². The van der Waals surface area contributed by atoms with Crippen molar-refractivity contribution in [3.05, 3.63) is 41.0 Å². The molecule has 2 saturated carbocycles. The van der Waals surface area contributed by atoms with Gasteiger partial charge in [0.2, 0.25) is 0 Å². The number of fused-ring (bicyclic) bond motifs is 5. The second-order valence-electron chi connectivity index (χ2n) is 9.82. The average Bonchev–Trinajstić information content (AvgIpc) is 3.11. The number of hydrogen-bond acceptors (Lipinski definition) is 5. The Morgan fingerprint density at radius 3 is 2.68 bits per heavy atom. The average molecular weight is 431 g/mol. The molecule has 5 nitrogen and oxygen atoms in total. The molecule has 1 N–H and O–H groups in total. The maximum absolute atomic E-state index is 9.58. The van der Waals surface area contributed by atoms with Crippen LogP contribution >= 0.6 is 0 Å². The van der Waals surface area contributed by atoms with Crippen molar-refractivity contribution in [2.45, 2.75) is 63.9 Å². The largest absolute Gasteiger partial charge is 0.468 e. The van der Waals surface area contributed by atoms with E-state index in [4.69, 9.17) is 18.9 Å². The van der Waals surface area contributed by atoms with E-state index >= 15 is 0 Å². The molecule has 0 radical (unpaired) electrons. The highest BCUT2D eigenvalue weighted by atomic mass is 16.7. The fourth-order valence-electron chi connectivity index (χ4n) is 6.90. The first kappa shape index (κ1) is 22.8. The van der Waals surface area contributed by atoms with Crippen LogP contribution in [0.25, 0.3) is 0 Å². The summed E-state index contributed by atoms with van der Waals surface area (Å²) in [5, 5.41) is 9.58. The van der Waals surface area contributed by atoms with Gasteiger partial charge in [0.25, 0.3) is 0 Å². The smallest absolute Gasteiger partial charge is 0.188 e. The molecule has 1 aromatic carbocycles. The quantitative estimate of drug-likeness (QED) is 0.465. The van der Waals surface area contributed by atoms with E-state index in [-0.39, 0.29) is 24.9 Å². The van der Waals surface area contributed by atoms with Crippen LogP contribution in [0.3, 0.4) is 0 Å². The van der Waals surface area contributed by atoms with Gasteiger partial charge in [-0.1, -0.05) is 24.6 Å². The molecular weight excluding hydrogens is 392 g/mol. The van der Waals surface area contributed by atoms with E-state index in [1.165, 1.54) is 36.0 Å². The molecule has 31 heavy (non-hydrogen) atoms. The molecule has 2 fully saturated rings. The minimum atomic E-state index is 0.0830. The number of ether oxygens (including phenoxy) is 4. The Morgan fingerprint density at radius 2 is 1.94 bits per heavy atom. The summed E-state index contributed by atoms with van der Waals surface area (Å²) in [5.41, 5.74) is 4.31. The van der Waals surface area contributed by atoms with E-state index in [0.29, 0.717) is 30.5 Å². The van der Waals surface area contributed by atoms with Gasteiger partial charge in [-0.3, -0.25) is 0 Å². The lowest BCUT2D eigenvalue weighted by molar-refractivity contribution is -0.125. The molecule has 172 valence electrons. The Morgan fingerprint density at radius 1 is 1.13 bits per heavy atom. The lowest BCUT2D eigenvalue weighted by Gasteiger charge is -2.52. The summed E-state index contributed by atoms with van der Waals surface area (Å²) >= 11 is 0. The SMILES string of the molecule is COCOc1ccc2c(c1)[C@@H](C(C)=CCO)C[C@@H]1[C@@H]2CC[C@]2(C)[C@@H](OCOC)CC[C@@H]12. The summed E-state index contributed by atoms with van der Waals surface area (Å²) in [6, 6.07) is 6.58. The third kappa shape index (κ3) is 4.18. The van der Waals surface area contributed by atoms with Crippen molar-refractivity contribution in [3.8, 4) is 5.75 Å². The van der Waals surface area contributed by atoms with Crippen molar-refractivity contribution < 1.29 is 24.1 Å².